The van der Waals surface area contributed by atoms with E-state index in [0.717, 1.165) is 11.6 Å². The Balaban J connectivity index is 2.27. The number of nitrogens with one attached hydrogen (secondary N) is 1. The van der Waals surface area contributed by atoms with Crippen molar-refractivity contribution in [3.8, 4) is 0 Å². The molecule has 0 aromatic heterocycles. The van der Waals surface area contributed by atoms with Crippen LogP contribution in [0.2, 0.25) is 5.02 Å². The lowest BCUT2D eigenvalue weighted by Crippen LogP contribution is -2.25. The summed E-state index contributed by atoms with van der Waals surface area (Å²) >= 11 is 5.83. The van der Waals surface area contributed by atoms with Crippen LogP contribution in [0.3, 0.4) is 0 Å². The zero-order valence-corrected chi connectivity index (χ0v) is 12.3. The van der Waals surface area contributed by atoms with Crippen molar-refractivity contribution in [3.63, 3.8) is 0 Å². The number of hydrogen-bond acceptors (Lipinski definition) is 4. The number of sulfonamides is 1. The van der Waals surface area contributed by atoms with Crippen molar-refractivity contribution in [2.45, 2.75) is 11.4 Å². The number of benzene rings is 2. The van der Waals surface area contributed by atoms with E-state index >= 15 is 0 Å². The molecule has 0 atom stereocenters. The Morgan fingerprint density at radius 2 is 1.81 bits per heavy atom. The van der Waals surface area contributed by atoms with Gasteiger partial charge in [-0.2, -0.15) is 0 Å². The molecule has 21 heavy (non-hydrogen) atoms. The van der Waals surface area contributed by atoms with Gasteiger partial charge in [0.1, 0.15) is 4.90 Å². The van der Waals surface area contributed by atoms with Gasteiger partial charge in [0.25, 0.3) is 0 Å². The first kappa shape index (κ1) is 15.5. The summed E-state index contributed by atoms with van der Waals surface area (Å²) in [4.78, 5) is 10.5. The fourth-order valence-corrected chi connectivity index (χ4v) is 3.23. The van der Waals surface area contributed by atoms with Gasteiger partial charge in [-0.05, 0) is 23.3 Å². The molecule has 7 heteroatoms. The summed E-state index contributed by atoms with van der Waals surface area (Å²) in [6.07, 6.45) is 0. The summed E-state index contributed by atoms with van der Waals surface area (Å²) in [5.74, 6) is -1.47. The van der Waals surface area contributed by atoms with Gasteiger partial charge < -0.3 is 9.90 Å². The lowest BCUT2D eigenvalue weighted by Gasteiger charge is -2.10. The third-order valence-corrected chi connectivity index (χ3v) is 4.65. The highest BCUT2D eigenvalue weighted by atomic mass is 35.5. The van der Waals surface area contributed by atoms with Crippen LogP contribution in [0.4, 0.5) is 0 Å². The van der Waals surface area contributed by atoms with Gasteiger partial charge >= 0.3 is 0 Å². The van der Waals surface area contributed by atoms with E-state index in [1.807, 2.05) is 6.07 Å². The van der Waals surface area contributed by atoms with Crippen LogP contribution in [0.5, 0.6) is 0 Å². The smallest absolute Gasteiger partial charge is 0.242 e. The summed E-state index contributed by atoms with van der Waals surface area (Å²) in [6, 6.07) is 12.3. The van der Waals surface area contributed by atoms with E-state index in [2.05, 4.69) is 4.72 Å². The maximum Gasteiger partial charge on any atom is 0.242 e. The standard InChI is InChI=1S/C14H12ClNO4S/c15-12-7-6-11(14(17)18)8-13(12)21(19,20)16-9-10-4-2-1-3-5-10/h1-8,16H,9H2,(H,17,18)/p-1. The second kappa shape index (κ2) is 6.26. The van der Waals surface area contributed by atoms with Gasteiger partial charge in [-0.1, -0.05) is 48.0 Å². The number of halogens is 1. The molecular formula is C14H11ClNO4S-. The molecule has 0 bridgehead atoms. The Hall–Kier alpha value is -1.89. The average Bonchev–Trinajstić information content (AvgIpc) is 2.46. The van der Waals surface area contributed by atoms with E-state index in [1.54, 1.807) is 24.3 Å². The largest absolute Gasteiger partial charge is 0.545 e. The van der Waals surface area contributed by atoms with E-state index < -0.39 is 16.0 Å². The summed E-state index contributed by atoms with van der Waals surface area (Å²) < 4.78 is 26.8. The second-order valence-corrected chi connectivity index (χ2v) is 6.39. The van der Waals surface area contributed by atoms with Crippen molar-refractivity contribution in [3.05, 3.63) is 64.7 Å². The molecule has 0 aliphatic rings. The second-order valence-electron chi connectivity index (χ2n) is 4.24. The van der Waals surface area contributed by atoms with Crippen LogP contribution in [-0.2, 0) is 16.6 Å². The minimum Gasteiger partial charge on any atom is -0.545 e. The van der Waals surface area contributed by atoms with Gasteiger partial charge in [-0.3, -0.25) is 0 Å². The molecule has 0 radical (unpaired) electrons. The Bertz CT molecular complexity index is 760. The molecule has 0 saturated carbocycles. The van der Waals surface area contributed by atoms with Crippen molar-refractivity contribution in [2.24, 2.45) is 0 Å². The Morgan fingerprint density at radius 1 is 1.14 bits per heavy atom. The average molecular weight is 325 g/mol. The van der Waals surface area contributed by atoms with Crippen molar-refractivity contribution in [2.75, 3.05) is 0 Å². The van der Waals surface area contributed by atoms with Gasteiger partial charge in [0.05, 0.1) is 11.0 Å². The predicted octanol–water partition coefficient (Wildman–Crippen LogP) is 1.18. The highest BCUT2D eigenvalue weighted by molar-refractivity contribution is 7.89. The zero-order chi connectivity index (χ0) is 15.5. The quantitative estimate of drug-likeness (QED) is 0.894. The number of hydrogen-bond donors (Lipinski definition) is 1. The fraction of sp³-hybridized carbons (Fsp3) is 0.0714. The summed E-state index contributed by atoms with van der Waals surface area (Å²) in [7, 11) is -3.92. The third-order valence-electron chi connectivity index (χ3n) is 2.77. The van der Waals surface area contributed by atoms with Crippen molar-refractivity contribution >= 4 is 27.6 Å². The number of rotatable bonds is 5. The van der Waals surface area contributed by atoms with Gasteiger partial charge in [0.2, 0.25) is 10.0 Å². The number of carbonyl (C=O) groups excluding carboxylic acids is 1. The Labute approximate surface area is 127 Å². The van der Waals surface area contributed by atoms with E-state index in [4.69, 9.17) is 11.6 Å². The molecule has 0 unspecified atom stereocenters. The van der Waals surface area contributed by atoms with Crippen LogP contribution < -0.4 is 9.83 Å². The molecule has 0 heterocycles. The van der Waals surface area contributed by atoms with Crippen LogP contribution >= 0.6 is 11.6 Å². The van der Waals surface area contributed by atoms with Gasteiger partial charge in [0.15, 0.2) is 0 Å². The van der Waals surface area contributed by atoms with Crippen LogP contribution in [-0.4, -0.2) is 14.4 Å². The minimum absolute atomic E-state index is 0.0550. The molecule has 110 valence electrons. The molecule has 0 saturated heterocycles. The van der Waals surface area contributed by atoms with Crippen LogP contribution in [0, 0.1) is 0 Å². The molecule has 0 aliphatic carbocycles. The SMILES string of the molecule is O=C([O-])c1ccc(Cl)c(S(=O)(=O)NCc2ccccc2)c1. The minimum atomic E-state index is -3.92. The number of carboxylic acid groups (broad SMARTS) is 1. The summed E-state index contributed by atoms with van der Waals surface area (Å²) in [5.41, 5.74) is 0.521. The zero-order valence-electron chi connectivity index (χ0n) is 10.7. The summed E-state index contributed by atoms with van der Waals surface area (Å²) in [6.45, 7) is 0.0784. The highest BCUT2D eigenvalue weighted by Crippen LogP contribution is 2.22. The first-order chi connectivity index (χ1) is 9.90. The van der Waals surface area contributed by atoms with Crippen LogP contribution in [0.25, 0.3) is 0 Å². The molecule has 2 rings (SSSR count). The van der Waals surface area contributed by atoms with Crippen LogP contribution in [0.1, 0.15) is 15.9 Å². The number of carboxylic acids is 1. The van der Waals surface area contributed by atoms with Gasteiger partial charge in [-0.25, -0.2) is 13.1 Å². The van der Waals surface area contributed by atoms with E-state index in [9.17, 15) is 18.3 Å². The topological polar surface area (TPSA) is 86.3 Å². The monoisotopic (exact) mass is 324 g/mol. The normalized spacial score (nSPS) is 11.3. The first-order valence-electron chi connectivity index (χ1n) is 5.94. The molecule has 2 aromatic rings. The maximum absolute atomic E-state index is 12.2. The van der Waals surface area contributed by atoms with Crippen molar-refractivity contribution in [1.29, 1.82) is 0 Å². The molecule has 0 spiro atoms. The van der Waals surface area contributed by atoms with E-state index in [1.165, 1.54) is 12.1 Å². The van der Waals surface area contributed by atoms with Crippen molar-refractivity contribution < 1.29 is 18.3 Å². The maximum atomic E-state index is 12.2. The molecule has 0 aliphatic heterocycles. The third kappa shape index (κ3) is 3.81. The lowest BCUT2D eigenvalue weighted by molar-refractivity contribution is -0.255. The van der Waals surface area contributed by atoms with Crippen molar-refractivity contribution in [1.82, 2.24) is 4.72 Å². The van der Waals surface area contributed by atoms with Crippen LogP contribution in [0.15, 0.2) is 53.4 Å². The first-order valence-corrected chi connectivity index (χ1v) is 7.81. The molecule has 0 amide bonds. The fourth-order valence-electron chi connectivity index (χ4n) is 1.69. The van der Waals surface area contributed by atoms with Gasteiger partial charge in [-0.15, -0.1) is 0 Å². The van der Waals surface area contributed by atoms with Gasteiger partial charge in [0, 0.05) is 6.54 Å². The van der Waals surface area contributed by atoms with E-state index in [-0.39, 0.29) is 22.0 Å². The highest BCUT2D eigenvalue weighted by Gasteiger charge is 2.18. The molecule has 5 nitrogen and oxygen atoms in total. The molecule has 2 aromatic carbocycles. The molecular weight excluding hydrogens is 314 g/mol. The number of aromatic carboxylic acids is 1. The van der Waals surface area contributed by atoms with E-state index in [0.29, 0.717) is 0 Å². The lowest BCUT2D eigenvalue weighted by atomic mass is 10.2. The molecule has 0 fully saturated rings. The molecule has 1 N–H and O–H groups in total. The Kier molecular flexibility index (Phi) is 4.62. The Morgan fingerprint density at radius 3 is 2.43 bits per heavy atom. The predicted molar refractivity (Wildman–Crippen MR) is 76.3 cm³/mol. The number of carbonyl (C=O) groups is 1. The summed E-state index contributed by atoms with van der Waals surface area (Å²) in [5, 5.41) is 10.7.